The van der Waals surface area contributed by atoms with Crippen LogP contribution in [0.4, 0.5) is 0 Å². The van der Waals surface area contributed by atoms with E-state index in [1.54, 1.807) is 11.8 Å². The molecule has 0 radical (unpaired) electrons. The van der Waals surface area contributed by atoms with Gasteiger partial charge in [0.05, 0.1) is 4.91 Å². The fourth-order valence-corrected chi connectivity index (χ4v) is 1.89. The van der Waals surface area contributed by atoms with Gasteiger partial charge in [-0.05, 0) is 19.8 Å². The normalized spacial score (nSPS) is 24.4. The third-order valence-electron chi connectivity index (χ3n) is 1.91. The number of nitrogens with one attached hydrogen (secondary N) is 1. The molecule has 0 aromatic rings. The van der Waals surface area contributed by atoms with E-state index in [-0.39, 0.29) is 5.50 Å². The quantitative estimate of drug-likeness (QED) is 0.602. The van der Waals surface area contributed by atoms with E-state index in [1.165, 1.54) is 12.8 Å². The smallest absolute Gasteiger partial charge is 0.128 e. The van der Waals surface area contributed by atoms with Gasteiger partial charge in [0.1, 0.15) is 5.50 Å². The van der Waals surface area contributed by atoms with Crippen molar-refractivity contribution < 1.29 is 0 Å². The molecular formula is C11H18N2S. The number of hydrogen-bond acceptors (Lipinski definition) is 3. The van der Waals surface area contributed by atoms with Gasteiger partial charge in [-0.25, -0.2) is 0 Å². The molecular weight excluding hydrogens is 192 g/mol. The lowest BCUT2D eigenvalue weighted by Crippen LogP contribution is -2.28. The highest BCUT2D eigenvalue weighted by molar-refractivity contribution is 8.04. The van der Waals surface area contributed by atoms with Gasteiger partial charge in [-0.2, -0.15) is 0 Å². The second-order valence-electron chi connectivity index (χ2n) is 3.18. The minimum atomic E-state index is 0.00787. The second-order valence-corrected chi connectivity index (χ2v) is 4.33. The maximum Gasteiger partial charge on any atom is 0.128 e. The van der Waals surface area contributed by atoms with Gasteiger partial charge in [-0.1, -0.05) is 37.5 Å². The predicted octanol–water partition coefficient (Wildman–Crippen LogP) is 2.24. The first-order valence-electron chi connectivity index (χ1n) is 5.17. The molecule has 0 spiro atoms. The Hall–Kier alpha value is -0.590. The summed E-state index contributed by atoms with van der Waals surface area (Å²) in [5.74, 6) is 7.07. The van der Waals surface area contributed by atoms with Gasteiger partial charge in [-0.15, -0.1) is 0 Å². The second kappa shape index (κ2) is 5.33. The van der Waals surface area contributed by atoms with E-state index in [0.29, 0.717) is 5.92 Å². The first-order chi connectivity index (χ1) is 6.75. The Balaban J connectivity index is 0.000000461. The number of allylic oxidation sites excluding steroid dienone is 2. The minimum Gasteiger partial charge on any atom is -0.363 e. The highest BCUT2D eigenvalue weighted by atomic mass is 32.2. The van der Waals surface area contributed by atoms with Crippen molar-refractivity contribution >= 4 is 11.8 Å². The van der Waals surface area contributed by atoms with E-state index in [0.717, 1.165) is 10.6 Å². The van der Waals surface area contributed by atoms with Crippen LogP contribution in [0.5, 0.6) is 0 Å². The van der Waals surface area contributed by atoms with E-state index in [1.807, 2.05) is 20.8 Å². The molecule has 2 rings (SSSR count). The molecule has 2 nitrogen and oxygen atoms in total. The summed E-state index contributed by atoms with van der Waals surface area (Å²) in [6, 6.07) is 0. The standard InChI is InChI=1S/C9H12N2S.C2H6/c1-6-8(12-9(10)11-6)5-4-7-2-3-7;1-2/h7,9,11H,2-3,10H2,1H3;1-2H3. The maximum atomic E-state index is 5.68. The monoisotopic (exact) mass is 210 g/mol. The van der Waals surface area contributed by atoms with Crippen molar-refractivity contribution in [2.45, 2.75) is 39.1 Å². The first-order valence-corrected chi connectivity index (χ1v) is 6.05. The van der Waals surface area contributed by atoms with E-state index in [9.17, 15) is 0 Å². The summed E-state index contributed by atoms with van der Waals surface area (Å²) < 4.78 is 0. The van der Waals surface area contributed by atoms with E-state index in [2.05, 4.69) is 17.2 Å². The van der Waals surface area contributed by atoms with Crippen molar-refractivity contribution in [3.63, 3.8) is 0 Å². The molecule has 1 aliphatic heterocycles. The number of rotatable bonds is 0. The fraction of sp³-hybridized carbons (Fsp3) is 0.636. The zero-order valence-corrected chi connectivity index (χ0v) is 9.87. The largest absolute Gasteiger partial charge is 0.363 e. The molecule has 0 aromatic heterocycles. The van der Waals surface area contributed by atoms with Gasteiger partial charge >= 0.3 is 0 Å². The summed E-state index contributed by atoms with van der Waals surface area (Å²) in [7, 11) is 0. The van der Waals surface area contributed by atoms with Gasteiger partial charge < -0.3 is 11.1 Å². The number of hydrogen-bond donors (Lipinski definition) is 2. The van der Waals surface area contributed by atoms with Crippen LogP contribution >= 0.6 is 11.8 Å². The lowest BCUT2D eigenvalue weighted by molar-refractivity contribution is 0.790. The van der Waals surface area contributed by atoms with E-state index < -0.39 is 0 Å². The van der Waals surface area contributed by atoms with Crippen molar-refractivity contribution in [3.05, 3.63) is 10.6 Å². The highest BCUT2D eigenvalue weighted by Crippen LogP contribution is 2.30. The van der Waals surface area contributed by atoms with Crippen LogP contribution in [0.3, 0.4) is 0 Å². The van der Waals surface area contributed by atoms with Gasteiger partial charge in [0.15, 0.2) is 0 Å². The zero-order chi connectivity index (χ0) is 10.6. The molecule has 14 heavy (non-hydrogen) atoms. The van der Waals surface area contributed by atoms with Crippen LogP contribution < -0.4 is 11.1 Å². The first kappa shape index (κ1) is 11.5. The van der Waals surface area contributed by atoms with Crippen molar-refractivity contribution in [1.82, 2.24) is 5.32 Å². The predicted molar refractivity (Wildman–Crippen MR) is 63.3 cm³/mol. The molecule has 78 valence electrons. The van der Waals surface area contributed by atoms with Crippen LogP contribution in [0.25, 0.3) is 0 Å². The molecule has 1 saturated carbocycles. The minimum absolute atomic E-state index is 0.00787. The van der Waals surface area contributed by atoms with Crippen LogP contribution in [0, 0.1) is 17.8 Å². The van der Waals surface area contributed by atoms with E-state index >= 15 is 0 Å². The lowest BCUT2D eigenvalue weighted by atomic mass is 10.4. The molecule has 3 N–H and O–H groups in total. The lowest BCUT2D eigenvalue weighted by Gasteiger charge is -2.00. The third kappa shape index (κ3) is 3.28. The third-order valence-corrected chi connectivity index (χ3v) is 2.93. The molecule has 1 atom stereocenters. The summed E-state index contributed by atoms with van der Waals surface area (Å²) in [5.41, 5.74) is 6.81. The summed E-state index contributed by atoms with van der Waals surface area (Å²) in [5, 5.41) is 3.13. The van der Waals surface area contributed by atoms with Crippen LogP contribution in [0.1, 0.15) is 33.6 Å². The Kier molecular flexibility index (Phi) is 4.37. The Bertz CT molecular complexity index is 281. The Morgan fingerprint density at radius 1 is 1.43 bits per heavy atom. The van der Waals surface area contributed by atoms with Gasteiger partial charge in [-0.3, -0.25) is 0 Å². The Morgan fingerprint density at radius 3 is 2.50 bits per heavy atom. The fourth-order valence-electron chi connectivity index (χ4n) is 1.04. The van der Waals surface area contributed by atoms with Crippen LogP contribution in [-0.4, -0.2) is 5.50 Å². The molecule has 1 fully saturated rings. The van der Waals surface area contributed by atoms with E-state index in [4.69, 9.17) is 5.73 Å². The Labute approximate surface area is 90.7 Å². The zero-order valence-electron chi connectivity index (χ0n) is 9.05. The van der Waals surface area contributed by atoms with Crippen molar-refractivity contribution in [2.75, 3.05) is 0 Å². The molecule has 1 unspecified atom stereocenters. The summed E-state index contributed by atoms with van der Waals surface area (Å²) in [6.07, 6.45) is 2.56. The van der Waals surface area contributed by atoms with Crippen LogP contribution in [-0.2, 0) is 0 Å². The van der Waals surface area contributed by atoms with Crippen molar-refractivity contribution in [1.29, 1.82) is 0 Å². The molecule has 0 saturated heterocycles. The van der Waals surface area contributed by atoms with Crippen molar-refractivity contribution in [2.24, 2.45) is 11.7 Å². The Morgan fingerprint density at radius 2 is 2.07 bits per heavy atom. The van der Waals surface area contributed by atoms with Gasteiger partial charge in [0, 0.05) is 11.6 Å². The number of nitrogens with two attached hydrogens (primary N) is 1. The average Bonchev–Trinajstić information content (AvgIpc) is 2.94. The summed E-state index contributed by atoms with van der Waals surface area (Å²) >= 11 is 1.62. The van der Waals surface area contributed by atoms with Crippen molar-refractivity contribution in [3.8, 4) is 11.8 Å². The number of thioether (sulfide) groups is 1. The maximum absolute atomic E-state index is 5.68. The summed E-state index contributed by atoms with van der Waals surface area (Å²) in [6.45, 7) is 6.02. The molecule has 1 aliphatic carbocycles. The molecule has 3 heteroatoms. The van der Waals surface area contributed by atoms with Gasteiger partial charge in [0.2, 0.25) is 0 Å². The molecule has 1 heterocycles. The molecule has 0 aromatic carbocycles. The molecule has 2 aliphatic rings. The van der Waals surface area contributed by atoms with Gasteiger partial charge in [0.25, 0.3) is 0 Å². The average molecular weight is 210 g/mol. The highest BCUT2D eigenvalue weighted by Gasteiger charge is 2.20. The SMILES string of the molecule is CC.CC1=C(C#CC2CC2)SC(N)N1. The molecule has 0 amide bonds. The summed E-state index contributed by atoms with van der Waals surface area (Å²) in [4.78, 5) is 1.12. The topological polar surface area (TPSA) is 38.0 Å². The van der Waals surface area contributed by atoms with Crippen LogP contribution in [0.15, 0.2) is 10.6 Å². The van der Waals surface area contributed by atoms with Crippen LogP contribution in [0.2, 0.25) is 0 Å². The molecule has 0 bridgehead atoms.